The van der Waals surface area contributed by atoms with Crippen LogP contribution in [0.4, 0.5) is 0 Å². The van der Waals surface area contributed by atoms with Crippen molar-refractivity contribution < 1.29 is 14.3 Å². The van der Waals surface area contributed by atoms with Crippen LogP contribution >= 0.6 is 0 Å². The highest BCUT2D eigenvalue weighted by atomic mass is 16.3. The number of aryl methyl sites for hydroxylation is 1. The second kappa shape index (κ2) is 5.14. The molecule has 1 aliphatic rings. The largest absolute Gasteiger partial charge is 0.459 e. The number of hydrogen-bond donors (Lipinski definition) is 2. The van der Waals surface area contributed by atoms with Crippen molar-refractivity contribution in [2.24, 2.45) is 5.92 Å². The van der Waals surface area contributed by atoms with E-state index in [2.05, 4.69) is 12.2 Å². The Morgan fingerprint density at radius 1 is 1.56 bits per heavy atom. The Morgan fingerprint density at radius 3 is 2.72 bits per heavy atom. The van der Waals surface area contributed by atoms with Crippen molar-refractivity contribution in [2.75, 3.05) is 6.61 Å². The zero-order chi connectivity index (χ0) is 13.2. The zero-order valence-corrected chi connectivity index (χ0v) is 11.0. The number of furan rings is 1. The van der Waals surface area contributed by atoms with Gasteiger partial charge in [0.25, 0.3) is 5.91 Å². The van der Waals surface area contributed by atoms with E-state index in [-0.39, 0.29) is 12.5 Å². The maximum atomic E-state index is 12.1. The van der Waals surface area contributed by atoms with Crippen LogP contribution < -0.4 is 5.32 Å². The number of carbonyl (C=O) groups is 1. The summed E-state index contributed by atoms with van der Waals surface area (Å²) in [6.07, 6.45) is 5.25. The van der Waals surface area contributed by atoms with Crippen LogP contribution in [0.3, 0.4) is 0 Å². The van der Waals surface area contributed by atoms with Gasteiger partial charge in [0.15, 0.2) is 5.76 Å². The number of aliphatic hydroxyl groups excluding tert-OH is 1. The Kier molecular flexibility index (Phi) is 3.76. The van der Waals surface area contributed by atoms with E-state index in [9.17, 15) is 9.90 Å². The molecular formula is C14H21NO3. The molecule has 1 aromatic rings. The van der Waals surface area contributed by atoms with Gasteiger partial charge in [-0.25, -0.2) is 0 Å². The molecule has 2 rings (SSSR count). The zero-order valence-electron chi connectivity index (χ0n) is 11.0. The molecule has 0 radical (unpaired) electrons. The lowest BCUT2D eigenvalue weighted by Gasteiger charge is -2.38. The Hall–Kier alpha value is -1.29. The Morgan fingerprint density at radius 2 is 2.22 bits per heavy atom. The van der Waals surface area contributed by atoms with Crippen molar-refractivity contribution in [1.29, 1.82) is 0 Å². The summed E-state index contributed by atoms with van der Waals surface area (Å²) in [7, 11) is 0. The molecule has 0 unspecified atom stereocenters. The van der Waals surface area contributed by atoms with Gasteiger partial charge in [0.1, 0.15) is 0 Å². The summed E-state index contributed by atoms with van der Waals surface area (Å²) in [6, 6.07) is 1.77. The van der Waals surface area contributed by atoms with Crippen LogP contribution in [0, 0.1) is 12.8 Å². The van der Waals surface area contributed by atoms with Crippen LogP contribution in [0.15, 0.2) is 16.7 Å². The monoisotopic (exact) mass is 251 g/mol. The van der Waals surface area contributed by atoms with Crippen molar-refractivity contribution in [2.45, 2.75) is 45.1 Å². The number of nitrogens with one attached hydrogen (secondary N) is 1. The highest BCUT2D eigenvalue weighted by Crippen LogP contribution is 2.32. The van der Waals surface area contributed by atoms with E-state index in [4.69, 9.17) is 4.42 Å². The van der Waals surface area contributed by atoms with Gasteiger partial charge < -0.3 is 14.8 Å². The molecule has 4 nitrogen and oxygen atoms in total. The van der Waals surface area contributed by atoms with E-state index in [0.717, 1.165) is 31.2 Å². The smallest absolute Gasteiger partial charge is 0.287 e. The van der Waals surface area contributed by atoms with E-state index >= 15 is 0 Å². The summed E-state index contributed by atoms with van der Waals surface area (Å²) >= 11 is 0. The van der Waals surface area contributed by atoms with Gasteiger partial charge in [0.05, 0.1) is 18.4 Å². The van der Waals surface area contributed by atoms with Gasteiger partial charge >= 0.3 is 0 Å². The Labute approximate surface area is 107 Å². The number of aliphatic hydroxyl groups is 1. The van der Waals surface area contributed by atoms with Crippen molar-refractivity contribution in [3.8, 4) is 0 Å². The molecule has 0 aromatic carbocycles. The van der Waals surface area contributed by atoms with Crippen LogP contribution in [0.1, 0.15) is 48.7 Å². The summed E-state index contributed by atoms with van der Waals surface area (Å²) in [5.41, 5.74) is 0.354. The molecule has 4 heteroatoms. The number of amides is 1. The fourth-order valence-corrected chi connectivity index (χ4v) is 2.54. The minimum Gasteiger partial charge on any atom is -0.459 e. The minimum absolute atomic E-state index is 0.00871. The first kappa shape index (κ1) is 13.1. The van der Waals surface area contributed by atoms with E-state index in [1.54, 1.807) is 6.07 Å². The van der Waals surface area contributed by atoms with Crippen LogP contribution in [0.25, 0.3) is 0 Å². The molecule has 1 amide bonds. The minimum atomic E-state index is -0.469. The van der Waals surface area contributed by atoms with Crippen LogP contribution in [-0.4, -0.2) is 23.2 Å². The molecule has 0 bridgehead atoms. The van der Waals surface area contributed by atoms with Gasteiger partial charge in [0.2, 0.25) is 0 Å². The summed E-state index contributed by atoms with van der Waals surface area (Å²) < 4.78 is 5.18. The maximum Gasteiger partial charge on any atom is 0.287 e. The molecule has 0 aliphatic heterocycles. The maximum absolute atomic E-state index is 12.1. The van der Waals surface area contributed by atoms with Crippen molar-refractivity contribution >= 4 is 5.91 Å². The van der Waals surface area contributed by atoms with Gasteiger partial charge in [-0.3, -0.25) is 4.79 Å². The fourth-order valence-electron chi connectivity index (χ4n) is 2.54. The first-order valence-electron chi connectivity index (χ1n) is 6.54. The summed E-state index contributed by atoms with van der Waals surface area (Å²) in [5, 5.41) is 12.6. The van der Waals surface area contributed by atoms with Crippen LogP contribution in [-0.2, 0) is 0 Å². The van der Waals surface area contributed by atoms with Crippen LogP contribution in [0.2, 0.25) is 0 Å². The second-order valence-corrected chi connectivity index (χ2v) is 5.51. The number of rotatable bonds is 3. The van der Waals surface area contributed by atoms with E-state index in [0.29, 0.717) is 11.7 Å². The predicted octanol–water partition coefficient (Wildman–Crippen LogP) is 2.26. The van der Waals surface area contributed by atoms with Crippen molar-refractivity contribution in [3.63, 3.8) is 0 Å². The van der Waals surface area contributed by atoms with Gasteiger partial charge in [-0.15, -0.1) is 0 Å². The first-order chi connectivity index (χ1) is 8.56. The third-order valence-electron chi connectivity index (χ3n) is 3.98. The summed E-state index contributed by atoms with van der Waals surface area (Å²) in [6.45, 7) is 4.04. The average Bonchev–Trinajstić information content (AvgIpc) is 2.79. The highest BCUT2D eigenvalue weighted by molar-refractivity contribution is 5.93. The van der Waals surface area contributed by atoms with Gasteiger partial charge in [-0.05, 0) is 44.6 Å². The molecule has 100 valence electrons. The molecule has 0 saturated heterocycles. The van der Waals surface area contributed by atoms with Crippen LogP contribution in [0.5, 0.6) is 0 Å². The molecule has 0 atom stereocenters. The standard InChI is InChI=1S/C14H21NO3/c1-10-3-6-14(9-16,7-4-10)15-13(17)12-11(2)5-8-18-12/h5,8,10,16H,3-4,6-7,9H2,1-2H3,(H,15,17). The molecule has 1 fully saturated rings. The Balaban J connectivity index is 2.07. The average molecular weight is 251 g/mol. The topological polar surface area (TPSA) is 62.5 Å². The lowest BCUT2D eigenvalue weighted by atomic mass is 9.77. The quantitative estimate of drug-likeness (QED) is 0.866. The van der Waals surface area contributed by atoms with Crippen molar-refractivity contribution in [1.82, 2.24) is 5.32 Å². The predicted molar refractivity (Wildman–Crippen MR) is 68.4 cm³/mol. The first-order valence-corrected chi connectivity index (χ1v) is 6.54. The SMILES string of the molecule is Cc1ccoc1C(=O)NC1(CO)CCC(C)CC1. The molecule has 1 heterocycles. The highest BCUT2D eigenvalue weighted by Gasteiger charge is 2.35. The summed E-state index contributed by atoms with van der Waals surface area (Å²) in [4.78, 5) is 12.1. The fraction of sp³-hybridized carbons (Fsp3) is 0.643. The lowest BCUT2D eigenvalue weighted by Crippen LogP contribution is -2.53. The third kappa shape index (κ3) is 2.58. The molecule has 0 spiro atoms. The molecule has 18 heavy (non-hydrogen) atoms. The van der Waals surface area contributed by atoms with E-state index in [1.165, 1.54) is 6.26 Å². The molecular weight excluding hydrogens is 230 g/mol. The van der Waals surface area contributed by atoms with Crippen molar-refractivity contribution in [3.05, 3.63) is 23.7 Å². The Bertz CT molecular complexity index is 416. The number of carbonyl (C=O) groups excluding carboxylic acids is 1. The molecule has 1 aliphatic carbocycles. The van der Waals surface area contributed by atoms with Gasteiger partial charge in [-0.1, -0.05) is 6.92 Å². The lowest BCUT2D eigenvalue weighted by molar-refractivity contribution is 0.0692. The van der Waals surface area contributed by atoms with E-state index < -0.39 is 5.54 Å². The molecule has 1 aromatic heterocycles. The van der Waals surface area contributed by atoms with E-state index in [1.807, 2.05) is 6.92 Å². The molecule has 1 saturated carbocycles. The summed E-state index contributed by atoms with van der Waals surface area (Å²) in [5.74, 6) is 0.800. The normalized spacial score (nSPS) is 28.1. The van der Waals surface area contributed by atoms with Gasteiger partial charge in [-0.2, -0.15) is 0 Å². The molecule has 2 N–H and O–H groups in total. The number of hydrogen-bond acceptors (Lipinski definition) is 3. The third-order valence-corrected chi connectivity index (χ3v) is 3.98. The second-order valence-electron chi connectivity index (χ2n) is 5.51. The van der Waals surface area contributed by atoms with Gasteiger partial charge in [0, 0.05) is 5.56 Å².